The first-order valence-corrected chi connectivity index (χ1v) is 8.01. The fraction of sp³-hybridized carbons (Fsp3) is 0.571. The van der Waals surface area contributed by atoms with Crippen LogP contribution in [0.25, 0.3) is 0 Å². The quantitative estimate of drug-likeness (QED) is 0.837. The van der Waals surface area contributed by atoms with Crippen molar-refractivity contribution < 1.29 is 9.53 Å². The topological polar surface area (TPSA) is 57.7 Å². The van der Waals surface area contributed by atoms with Crippen LogP contribution in [0.2, 0.25) is 0 Å². The molecule has 1 N–H and O–H groups in total. The van der Waals surface area contributed by atoms with E-state index in [9.17, 15) is 4.79 Å². The van der Waals surface area contributed by atoms with E-state index in [4.69, 9.17) is 4.74 Å². The van der Waals surface area contributed by atoms with Gasteiger partial charge in [0.05, 0.1) is 6.61 Å². The average Bonchev–Trinajstić information content (AvgIpc) is 2.56. The molecule has 1 aromatic heterocycles. The van der Waals surface area contributed by atoms with Crippen LogP contribution < -0.4 is 10.2 Å². The van der Waals surface area contributed by atoms with Crippen molar-refractivity contribution in [2.45, 2.75) is 6.10 Å². The van der Waals surface area contributed by atoms with Crippen LogP contribution in [0, 0.1) is 0 Å². The van der Waals surface area contributed by atoms with Gasteiger partial charge < -0.3 is 19.9 Å². The number of amides is 1. The van der Waals surface area contributed by atoms with Crippen LogP contribution in [-0.4, -0.2) is 67.8 Å². The highest BCUT2D eigenvalue weighted by molar-refractivity contribution is 9.10. The molecule has 1 amide bonds. The van der Waals surface area contributed by atoms with E-state index in [2.05, 4.69) is 31.1 Å². The number of pyridine rings is 1. The molecular weight excluding hydrogens is 336 g/mol. The minimum atomic E-state index is -0.323. The average molecular weight is 355 g/mol. The highest BCUT2D eigenvalue weighted by Gasteiger charge is 2.29. The summed E-state index contributed by atoms with van der Waals surface area (Å²) in [5, 5.41) is 3.20. The maximum absolute atomic E-state index is 12.4. The van der Waals surface area contributed by atoms with E-state index in [1.54, 1.807) is 6.20 Å². The first kappa shape index (κ1) is 14.7. The second-order valence-electron chi connectivity index (χ2n) is 5.21. The zero-order valence-electron chi connectivity index (χ0n) is 11.8. The summed E-state index contributed by atoms with van der Waals surface area (Å²) >= 11 is 3.39. The Morgan fingerprint density at radius 3 is 2.76 bits per heavy atom. The minimum absolute atomic E-state index is 0.102. The number of hydrogen-bond donors (Lipinski definition) is 1. The zero-order chi connectivity index (χ0) is 14.7. The number of hydrogen-bond acceptors (Lipinski definition) is 5. The predicted octanol–water partition coefficient (Wildman–Crippen LogP) is 0.481. The Kier molecular flexibility index (Phi) is 4.72. The molecule has 2 fully saturated rings. The molecular formula is C14H19BrN4O2. The second kappa shape index (κ2) is 6.72. The van der Waals surface area contributed by atoms with E-state index in [1.165, 1.54) is 0 Å². The minimum Gasteiger partial charge on any atom is -0.366 e. The highest BCUT2D eigenvalue weighted by Crippen LogP contribution is 2.17. The number of carbonyl (C=O) groups excluding carboxylic acids is 1. The lowest BCUT2D eigenvalue weighted by molar-refractivity contribution is -0.145. The summed E-state index contributed by atoms with van der Waals surface area (Å²) in [4.78, 5) is 20.9. The van der Waals surface area contributed by atoms with Crippen LogP contribution in [-0.2, 0) is 9.53 Å². The third-order valence-corrected chi connectivity index (χ3v) is 4.30. The summed E-state index contributed by atoms with van der Waals surface area (Å²) in [6.45, 7) is 5.10. The fourth-order valence-corrected chi connectivity index (χ4v) is 2.87. The summed E-state index contributed by atoms with van der Waals surface area (Å²) in [7, 11) is 0. The number of aromatic nitrogens is 1. The highest BCUT2D eigenvalue weighted by atomic mass is 79.9. The second-order valence-corrected chi connectivity index (χ2v) is 6.13. The molecule has 6 nitrogen and oxygen atoms in total. The molecule has 2 aliphatic rings. The monoisotopic (exact) mass is 354 g/mol. The van der Waals surface area contributed by atoms with Gasteiger partial charge in [-0.15, -0.1) is 0 Å². The molecule has 1 unspecified atom stereocenters. The molecule has 0 aliphatic carbocycles. The molecule has 114 valence electrons. The van der Waals surface area contributed by atoms with Crippen LogP contribution >= 0.6 is 15.9 Å². The van der Waals surface area contributed by atoms with Crippen molar-refractivity contribution in [1.29, 1.82) is 0 Å². The maximum atomic E-state index is 12.4. The predicted molar refractivity (Wildman–Crippen MR) is 83.3 cm³/mol. The van der Waals surface area contributed by atoms with Gasteiger partial charge in [-0.2, -0.15) is 0 Å². The molecule has 1 aromatic rings. The zero-order valence-corrected chi connectivity index (χ0v) is 13.4. The molecule has 21 heavy (non-hydrogen) atoms. The van der Waals surface area contributed by atoms with E-state index < -0.39 is 0 Å². The summed E-state index contributed by atoms with van der Waals surface area (Å²) < 4.78 is 6.51. The number of rotatable bonds is 2. The molecule has 0 radical (unpaired) electrons. The van der Waals surface area contributed by atoms with Crippen molar-refractivity contribution in [1.82, 2.24) is 15.2 Å². The molecule has 3 heterocycles. The van der Waals surface area contributed by atoms with Gasteiger partial charge in [-0.3, -0.25) is 4.79 Å². The lowest BCUT2D eigenvalue weighted by Gasteiger charge is -2.37. The Balaban J connectivity index is 1.54. The van der Waals surface area contributed by atoms with Gasteiger partial charge >= 0.3 is 0 Å². The SMILES string of the molecule is O=C(C1CNCCO1)N1CCN(c2ccc(Br)cn2)CC1. The first-order valence-electron chi connectivity index (χ1n) is 7.21. The van der Waals surface area contributed by atoms with Crippen molar-refractivity contribution in [2.24, 2.45) is 0 Å². The van der Waals surface area contributed by atoms with Crippen LogP contribution in [0.1, 0.15) is 0 Å². The lowest BCUT2D eigenvalue weighted by atomic mass is 10.2. The standard InChI is InChI=1S/C14H19BrN4O2/c15-11-1-2-13(17-9-11)18-4-6-19(7-5-18)14(20)12-10-16-3-8-21-12/h1-2,9,12,16H,3-8,10H2. The molecule has 0 spiro atoms. The largest absolute Gasteiger partial charge is 0.366 e. The molecule has 3 rings (SSSR count). The molecule has 2 aliphatic heterocycles. The first-order chi connectivity index (χ1) is 10.2. The fourth-order valence-electron chi connectivity index (χ4n) is 2.64. The van der Waals surface area contributed by atoms with Gasteiger partial charge in [0.2, 0.25) is 0 Å². The van der Waals surface area contributed by atoms with Gasteiger partial charge in [0.1, 0.15) is 11.9 Å². The van der Waals surface area contributed by atoms with Crippen molar-refractivity contribution in [3.63, 3.8) is 0 Å². The van der Waals surface area contributed by atoms with Gasteiger partial charge in [-0.1, -0.05) is 0 Å². The van der Waals surface area contributed by atoms with Gasteiger partial charge in [-0.05, 0) is 28.1 Å². The van der Waals surface area contributed by atoms with Crippen LogP contribution in [0.5, 0.6) is 0 Å². The Hall–Kier alpha value is -1.18. The number of nitrogens with zero attached hydrogens (tertiary/aromatic N) is 3. The van der Waals surface area contributed by atoms with Crippen molar-refractivity contribution in [3.8, 4) is 0 Å². The number of nitrogens with one attached hydrogen (secondary N) is 1. The molecule has 0 aromatic carbocycles. The normalized spacial score (nSPS) is 23.2. The summed E-state index contributed by atoms with van der Waals surface area (Å²) in [5.74, 6) is 1.06. The van der Waals surface area contributed by atoms with Gasteiger partial charge in [0.15, 0.2) is 0 Å². The van der Waals surface area contributed by atoms with Gasteiger partial charge in [-0.25, -0.2) is 4.98 Å². The summed E-state index contributed by atoms with van der Waals surface area (Å²) in [6.07, 6.45) is 1.48. The summed E-state index contributed by atoms with van der Waals surface area (Å²) in [6, 6.07) is 3.98. The van der Waals surface area contributed by atoms with Crippen molar-refractivity contribution >= 4 is 27.7 Å². The van der Waals surface area contributed by atoms with Crippen LogP contribution in [0.3, 0.4) is 0 Å². The summed E-state index contributed by atoms with van der Waals surface area (Å²) in [5.41, 5.74) is 0. The molecule has 7 heteroatoms. The number of halogens is 1. The van der Waals surface area contributed by atoms with Crippen LogP contribution in [0.15, 0.2) is 22.8 Å². The van der Waals surface area contributed by atoms with Gasteiger partial charge in [0.25, 0.3) is 5.91 Å². The lowest BCUT2D eigenvalue weighted by Crippen LogP contribution is -2.55. The Bertz CT molecular complexity index is 482. The number of piperazine rings is 1. The molecule has 2 saturated heterocycles. The number of ether oxygens (including phenoxy) is 1. The third-order valence-electron chi connectivity index (χ3n) is 3.83. The van der Waals surface area contributed by atoms with E-state index in [0.717, 1.165) is 43.0 Å². The Morgan fingerprint density at radius 1 is 1.33 bits per heavy atom. The van der Waals surface area contributed by atoms with E-state index in [0.29, 0.717) is 13.2 Å². The molecule has 0 bridgehead atoms. The van der Waals surface area contributed by atoms with E-state index >= 15 is 0 Å². The smallest absolute Gasteiger partial charge is 0.253 e. The van der Waals surface area contributed by atoms with E-state index in [-0.39, 0.29) is 12.0 Å². The van der Waals surface area contributed by atoms with Gasteiger partial charge in [0, 0.05) is 49.9 Å². The third kappa shape index (κ3) is 3.53. The Morgan fingerprint density at radius 2 is 2.14 bits per heavy atom. The maximum Gasteiger partial charge on any atom is 0.253 e. The number of morpholine rings is 1. The number of anilines is 1. The number of carbonyl (C=O) groups is 1. The van der Waals surface area contributed by atoms with Crippen molar-refractivity contribution in [3.05, 3.63) is 22.8 Å². The van der Waals surface area contributed by atoms with E-state index in [1.807, 2.05) is 17.0 Å². The van der Waals surface area contributed by atoms with Crippen LogP contribution in [0.4, 0.5) is 5.82 Å². The van der Waals surface area contributed by atoms with Crippen molar-refractivity contribution in [2.75, 3.05) is 50.8 Å². The Labute approximate surface area is 132 Å². The molecule has 0 saturated carbocycles. The molecule has 1 atom stereocenters.